The van der Waals surface area contributed by atoms with E-state index in [2.05, 4.69) is 10.2 Å². The number of nitrogens with one attached hydrogen (secondary N) is 1. The summed E-state index contributed by atoms with van der Waals surface area (Å²) in [6.07, 6.45) is 4.85. The Hall–Kier alpha value is -1.34. The number of carbonyl (C=O) groups excluding carboxylic acids is 1. The maximum atomic E-state index is 12.3. The number of piperidine rings is 1. The Bertz CT molecular complexity index is 646. The van der Waals surface area contributed by atoms with E-state index in [1.807, 2.05) is 0 Å². The van der Waals surface area contributed by atoms with Gasteiger partial charge in [0.2, 0.25) is 0 Å². The van der Waals surface area contributed by atoms with Crippen LogP contribution in [0.4, 0.5) is 0 Å². The number of likely N-dealkylation sites (tertiary alicyclic amines) is 1. The van der Waals surface area contributed by atoms with Crippen molar-refractivity contribution in [1.29, 1.82) is 0 Å². The van der Waals surface area contributed by atoms with E-state index in [9.17, 15) is 13.2 Å². The minimum atomic E-state index is -3.11. The average Bonchev–Trinajstić information content (AvgIpc) is 3.03. The van der Waals surface area contributed by atoms with Crippen molar-refractivity contribution in [3.63, 3.8) is 0 Å². The molecule has 2 saturated heterocycles. The van der Waals surface area contributed by atoms with Gasteiger partial charge in [-0.1, -0.05) is 6.42 Å². The van der Waals surface area contributed by atoms with E-state index < -0.39 is 9.84 Å². The highest BCUT2D eigenvalue weighted by atomic mass is 32.2. The van der Waals surface area contributed by atoms with E-state index in [0.29, 0.717) is 0 Å². The van der Waals surface area contributed by atoms with Gasteiger partial charge in [0.15, 0.2) is 15.6 Å². The molecule has 1 N–H and O–H groups in total. The highest BCUT2D eigenvalue weighted by Gasteiger charge is 2.42. The molecule has 2 aliphatic rings. The maximum Gasteiger partial charge on any atom is 0.287 e. The van der Waals surface area contributed by atoms with Crippen LogP contribution >= 0.6 is 0 Å². The normalized spacial score (nSPS) is 28.6. The van der Waals surface area contributed by atoms with Crippen LogP contribution in [0, 0.1) is 6.92 Å². The average molecular weight is 326 g/mol. The van der Waals surface area contributed by atoms with Gasteiger partial charge in [-0.25, -0.2) is 8.42 Å². The fraction of sp³-hybridized carbons (Fsp3) is 0.667. The van der Waals surface area contributed by atoms with Gasteiger partial charge in [0.1, 0.15) is 0 Å². The molecule has 1 amide bonds. The Morgan fingerprint density at radius 3 is 2.64 bits per heavy atom. The second-order valence-corrected chi connectivity index (χ2v) is 8.41. The molecule has 0 aromatic carbocycles. The number of furan rings is 1. The minimum Gasteiger partial charge on any atom is -0.459 e. The first-order chi connectivity index (χ1) is 10.5. The second-order valence-electron chi connectivity index (χ2n) is 6.25. The molecule has 1 aromatic heterocycles. The fourth-order valence-corrected chi connectivity index (χ4v) is 5.37. The predicted octanol–water partition coefficient (Wildman–Crippen LogP) is 0.969. The van der Waals surface area contributed by atoms with Crippen molar-refractivity contribution in [3.05, 3.63) is 23.7 Å². The van der Waals surface area contributed by atoms with E-state index in [1.165, 1.54) is 12.7 Å². The van der Waals surface area contributed by atoms with Gasteiger partial charge < -0.3 is 9.73 Å². The molecule has 0 unspecified atom stereocenters. The van der Waals surface area contributed by atoms with Crippen molar-refractivity contribution in [3.8, 4) is 0 Å². The molecule has 2 aliphatic heterocycles. The molecule has 2 fully saturated rings. The van der Waals surface area contributed by atoms with Crippen LogP contribution in [0.2, 0.25) is 0 Å². The molecule has 1 aromatic rings. The summed E-state index contributed by atoms with van der Waals surface area (Å²) >= 11 is 0. The number of sulfone groups is 1. The highest BCUT2D eigenvalue weighted by molar-refractivity contribution is 7.91. The molecule has 3 rings (SSSR count). The van der Waals surface area contributed by atoms with E-state index in [0.717, 1.165) is 31.5 Å². The second kappa shape index (κ2) is 6.04. The summed E-state index contributed by atoms with van der Waals surface area (Å²) in [7, 11) is -3.11. The number of hydrogen-bond donors (Lipinski definition) is 1. The van der Waals surface area contributed by atoms with Gasteiger partial charge in [0.05, 0.1) is 23.8 Å². The first kappa shape index (κ1) is 15.6. The van der Waals surface area contributed by atoms with Crippen LogP contribution in [0.1, 0.15) is 35.4 Å². The lowest BCUT2D eigenvalue weighted by molar-refractivity contribution is 0.0872. The van der Waals surface area contributed by atoms with E-state index >= 15 is 0 Å². The molecule has 7 heteroatoms. The van der Waals surface area contributed by atoms with Crippen LogP contribution < -0.4 is 5.32 Å². The Balaban J connectivity index is 1.75. The summed E-state index contributed by atoms with van der Waals surface area (Å²) in [5.41, 5.74) is 0.757. The van der Waals surface area contributed by atoms with Gasteiger partial charge in [-0.05, 0) is 38.9 Å². The molecular formula is C15H22N2O4S. The van der Waals surface area contributed by atoms with Gasteiger partial charge in [-0.15, -0.1) is 0 Å². The van der Waals surface area contributed by atoms with Gasteiger partial charge >= 0.3 is 0 Å². The van der Waals surface area contributed by atoms with E-state index in [-0.39, 0.29) is 35.3 Å². The number of amides is 1. The number of hydrogen-bond acceptors (Lipinski definition) is 5. The lowest BCUT2D eigenvalue weighted by Crippen LogP contribution is -2.52. The monoisotopic (exact) mass is 326 g/mol. The van der Waals surface area contributed by atoms with Gasteiger partial charge in [0.25, 0.3) is 5.91 Å². The number of rotatable bonds is 3. The molecule has 0 bridgehead atoms. The van der Waals surface area contributed by atoms with Crippen molar-refractivity contribution in [2.24, 2.45) is 0 Å². The molecule has 0 spiro atoms. The zero-order valence-corrected chi connectivity index (χ0v) is 13.6. The number of aryl methyl sites for hydroxylation is 1. The quantitative estimate of drug-likeness (QED) is 0.895. The summed E-state index contributed by atoms with van der Waals surface area (Å²) in [5, 5.41) is 2.87. The summed E-state index contributed by atoms with van der Waals surface area (Å²) in [6, 6.07) is 1.24. The van der Waals surface area contributed by atoms with Crippen molar-refractivity contribution in [2.75, 3.05) is 24.6 Å². The highest BCUT2D eigenvalue weighted by Crippen LogP contribution is 2.23. The first-order valence-electron chi connectivity index (χ1n) is 7.76. The van der Waals surface area contributed by atoms with Crippen molar-refractivity contribution < 1.29 is 17.6 Å². The maximum absolute atomic E-state index is 12.3. The molecule has 3 heterocycles. The van der Waals surface area contributed by atoms with Crippen LogP contribution in [0.5, 0.6) is 0 Å². The van der Waals surface area contributed by atoms with E-state index in [1.54, 1.807) is 13.0 Å². The largest absolute Gasteiger partial charge is 0.459 e. The zero-order valence-electron chi connectivity index (χ0n) is 12.7. The zero-order chi connectivity index (χ0) is 15.7. The lowest BCUT2D eigenvalue weighted by Gasteiger charge is -2.34. The third-order valence-electron chi connectivity index (χ3n) is 4.57. The van der Waals surface area contributed by atoms with Crippen molar-refractivity contribution >= 4 is 15.7 Å². The lowest BCUT2D eigenvalue weighted by atomic mass is 10.0. The summed E-state index contributed by atoms with van der Waals surface area (Å²) in [5.74, 6) is 0.0858. The topological polar surface area (TPSA) is 79.6 Å². The summed E-state index contributed by atoms with van der Waals surface area (Å²) < 4.78 is 29.2. The molecule has 122 valence electrons. The molecule has 0 radical (unpaired) electrons. The fourth-order valence-electron chi connectivity index (χ4n) is 3.42. The van der Waals surface area contributed by atoms with Gasteiger partial charge in [-0.3, -0.25) is 9.69 Å². The Morgan fingerprint density at radius 2 is 2.00 bits per heavy atom. The predicted molar refractivity (Wildman–Crippen MR) is 82.6 cm³/mol. The molecule has 22 heavy (non-hydrogen) atoms. The SMILES string of the molecule is Cc1ccoc1C(=O)N[C@@H]1CS(=O)(=O)C[C@@H]1N1CCCCC1. The standard InChI is InChI=1S/C15H22N2O4S/c1-11-5-8-21-14(11)15(18)16-12-9-22(19,20)10-13(12)17-6-3-2-4-7-17/h5,8,12-13H,2-4,6-7,9-10H2,1H3,(H,16,18)/t12-,13+/m1/s1. The molecule has 0 saturated carbocycles. The smallest absolute Gasteiger partial charge is 0.287 e. The third kappa shape index (κ3) is 3.20. The molecular weight excluding hydrogens is 304 g/mol. The Kier molecular flexibility index (Phi) is 4.27. The van der Waals surface area contributed by atoms with Crippen molar-refractivity contribution in [2.45, 2.75) is 38.3 Å². The van der Waals surface area contributed by atoms with Crippen LogP contribution in [-0.2, 0) is 9.84 Å². The van der Waals surface area contributed by atoms with Crippen molar-refractivity contribution in [1.82, 2.24) is 10.2 Å². The van der Waals surface area contributed by atoms with Crippen LogP contribution in [0.15, 0.2) is 16.7 Å². The number of carbonyl (C=O) groups is 1. The van der Waals surface area contributed by atoms with Gasteiger partial charge in [-0.2, -0.15) is 0 Å². The van der Waals surface area contributed by atoms with Crippen LogP contribution in [-0.4, -0.2) is 55.9 Å². The van der Waals surface area contributed by atoms with Gasteiger partial charge in [0, 0.05) is 11.6 Å². The summed E-state index contributed by atoms with van der Waals surface area (Å²) in [6.45, 7) is 3.62. The minimum absolute atomic E-state index is 0.0136. The van der Waals surface area contributed by atoms with Crippen LogP contribution in [0.3, 0.4) is 0 Å². The van der Waals surface area contributed by atoms with Crippen LogP contribution in [0.25, 0.3) is 0 Å². The van der Waals surface area contributed by atoms with E-state index in [4.69, 9.17) is 4.42 Å². The molecule has 6 nitrogen and oxygen atoms in total. The summed E-state index contributed by atoms with van der Waals surface area (Å²) in [4.78, 5) is 14.5. The molecule has 0 aliphatic carbocycles. The Labute approximate surface area is 130 Å². The Morgan fingerprint density at radius 1 is 1.27 bits per heavy atom. The third-order valence-corrected chi connectivity index (χ3v) is 6.28. The molecule has 2 atom stereocenters. The first-order valence-corrected chi connectivity index (χ1v) is 9.58. The number of nitrogens with zero attached hydrogens (tertiary/aromatic N) is 1.